The summed E-state index contributed by atoms with van der Waals surface area (Å²) in [4.78, 5) is 40.8. The fourth-order valence-electron chi connectivity index (χ4n) is 2.84. The van der Waals surface area contributed by atoms with Crippen molar-refractivity contribution in [1.29, 1.82) is 0 Å². The molecule has 4 N–H and O–H groups in total. The molecule has 0 saturated carbocycles. The number of hydrogen-bond donors (Lipinski definition) is 3. The number of rotatable bonds is 9. The first-order chi connectivity index (χ1) is 13.4. The zero-order valence-corrected chi connectivity index (χ0v) is 16.4. The second kappa shape index (κ2) is 9.63. The lowest BCUT2D eigenvalue weighted by Gasteiger charge is -2.24. The number of likely N-dealkylation sites (N-methyl/N-ethyl adjacent to an activating group) is 1. The minimum Gasteiger partial charge on any atom is -0.497 e. The van der Waals surface area contributed by atoms with Gasteiger partial charge in [0.1, 0.15) is 17.3 Å². The van der Waals surface area contributed by atoms with Crippen molar-refractivity contribution in [1.82, 2.24) is 9.55 Å². The fraction of sp³-hybridized carbons (Fsp3) is 0.421. The van der Waals surface area contributed by atoms with Crippen molar-refractivity contribution in [2.75, 3.05) is 36.1 Å². The Morgan fingerprint density at radius 2 is 2.07 bits per heavy atom. The second-order valence-electron chi connectivity index (χ2n) is 6.29. The van der Waals surface area contributed by atoms with Crippen LogP contribution in [0, 0.1) is 0 Å². The number of anilines is 3. The highest BCUT2D eigenvalue weighted by Crippen LogP contribution is 2.19. The molecule has 0 atom stereocenters. The van der Waals surface area contributed by atoms with Crippen molar-refractivity contribution in [2.24, 2.45) is 0 Å². The van der Waals surface area contributed by atoms with Crippen molar-refractivity contribution in [2.45, 2.75) is 33.2 Å². The number of unbranched alkanes of at least 4 members (excludes halogenated alkanes) is 1. The lowest BCUT2D eigenvalue weighted by molar-refractivity contribution is -0.115. The number of aromatic amines is 1. The van der Waals surface area contributed by atoms with E-state index in [-0.39, 0.29) is 24.0 Å². The molecule has 0 radical (unpaired) electrons. The predicted molar refractivity (Wildman–Crippen MR) is 110 cm³/mol. The Hall–Kier alpha value is -3.23. The van der Waals surface area contributed by atoms with E-state index < -0.39 is 11.2 Å². The summed E-state index contributed by atoms with van der Waals surface area (Å²) in [6.07, 6.45) is 1.62. The van der Waals surface area contributed by atoms with Gasteiger partial charge in [-0.05, 0) is 25.5 Å². The van der Waals surface area contributed by atoms with Crippen molar-refractivity contribution in [3.05, 3.63) is 45.1 Å². The molecule has 2 rings (SSSR count). The van der Waals surface area contributed by atoms with Crippen LogP contribution in [0.15, 0.2) is 33.9 Å². The minimum atomic E-state index is -0.605. The Morgan fingerprint density at radius 1 is 1.32 bits per heavy atom. The van der Waals surface area contributed by atoms with Crippen LogP contribution in [0.25, 0.3) is 0 Å². The van der Waals surface area contributed by atoms with Gasteiger partial charge in [0.05, 0.1) is 13.7 Å². The molecule has 0 fully saturated rings. The number of hydrogen-bond acceptors (Lipinski definition) is 6. The molecule has 0 spiro atoms. The van der Waals surface area contributed by atoms with E-state index in [1.165, 1.54) is 4.57 Å². The lowest BCUT2D eigenvalue weighted by Crippen LogP contribution is -2.41. The maximum Gasteiger partial charge on any atom is 0.330 e. The number of nitrogens with two attached hydrogens (primary N) is 1. The summed E-state index contributed by atoms with van der Waals surface area (Å²) in [6, 6.07) is 6.97. The van der Waals surface area contributed by atoms with Crippen LogP contribution in [-0.4, -0.2) is 35.7 Å². The number of carbonyl (C=O) groups excluding carboxylic acids is 1. The molecule has 152 valence electrons. The summed E-state index contributed by atoms with van der Waals surface area (Å²) in [5.74, 6) is 0.368. The number of nitrogens with one attached hydrogen (secondary N) is 2. The van der Waals surface area contributed by atoms with Crippen LogP contribution < -0.4 is 31.9 Å². The van der Waals surface area contributed by atoms with Gasteiger partial charge >= 0.3 is 5.69 Å². The summed E-state index contributed by atoms with van der Waals surface area (Å²) < 4.78 is 6.48. The third-order valence-electron chi connectivity index (χ3n) is 4.34. The molecular weight excluding hydrogens is 362 g/mol. The maximum absolute atomic E-state index is 12.5. The predicted octanol–water partition coefficient (Wildman–Crippen LogP) is 1.39. The van der Waals surface area contributed by atoms with E-state index in [4.69, 9.17) is 10.5 Å². The standard InChI is InChI=1S/C19H27N5O4/c1-4-6-10-24-17(20)16(18(26)22-19(24)27)23(5-2)12-15(25)21-13-8-7-9-14(11-13)28-3/h7-9,11H,4-6,10,12,20H2,1-3H3,(H,21,25)(H,22,26,27). The number of benzene rings is 1. The minimum absolute atomic E-state index is 0.0678. The van der Waals surface area contributed by atoms with Crippen LogP contribution in [-0.2, 0) is 11.3 Å². The van der Waals surface area contributed by atoms with Gasteiger partial charge in [-0.2, -0.15) is 0 Å². The van der Waals surface area contributed by atoms with Gasteiger partial charge in [0.15, 0.2) is 0 Å². The van der Waals surface area contributed by atoms with Gasteiger partial charge < -0.3 is 20.7 Å². The maximum atomic E-state index is 12.5. The number of ether oxygens (including phenoxy) is 1. The van der Waals surface area contributed by atoms with Crippen LogP contribution in [0.5, 0.6) is 5.75 Å². The molecule has 1 amide bonds. The van der Waals surface area contributed by atoms with Gasteiger partial charge in [-0.25, -0.2) is 4.79 Å². The second-order valence-corrected chi connectivity index (χ2v) is 6.29. The largest absolute Gasteiger partial charge is 0.497 e. The third kappa shape index (κ3) is 4.93. The monoisotopic (exact) mass is 389 g/mol. The molecule has 0 aliphatic heterocycles. The summed E-state index contributed by atoms with van der Waals surface area (Å²) in [5, 5.41) is 2.77. The fourth-order valence-corrected chi connectivity index (χ4v) is 2.84. The smallest absolute Gasteiger partial charge is 0.330 e. The molecule has 2 aromatic rings. The quantitative estimate of drug-likeness (QED) is 0.596. The highest BCUT2D eigenvalue weighted by Gasteiger charge is 2.20. The summed E-state index contributed by atoms with van der Waals surface area (Å²) >= 11 is 0. The topological polar surface area (TPSA) is 122 Å². The molecule has 1 heterocycles. The van der Waals surface area contributed by atoms with E-state index in [0.29, 0.717) is 24.5 Å². The van der Waals surface area contributed by atoms with Crippen LogP contribution in [0.3, 0.4) is 0 Å². The van der Waals surface area contributed by atoms with Crippen molar-refractivity contribution < 1.29 is 9.53 Å². The summed E-state index contributed by atoms with van der Waals surface area (Å²) in [7, 11) is 1.54. The first-order valence-corrected chi connectivity index (χ1v) is 9.22. The summed E-state index contributed by atoms with van der Waals surface area (Å²) in [5.41, 5.74) is 5.67. The SMILES string of the molecule is CCCCn1c(N)c(N(CC)CC(=O)Nc2cccc(OC)c2)c(=O)[nH]c1=O. The van der Waals surface area contributed by atoms with Gasteiger partial charge in [-0.15, -0.1) is 0 Å². The van der Waals surface area contributed by atoms with Crippen molar-refractivity contribution >= 4 is 23.1 Å². The van der Waals surface area contributed by atoms with Gasteiger partial charge in [0.25, 0.3) is 5.56 Å². The van der Waals surface area contributed by atoms with Crippen LogP contribution in [0.4, 0.5) is 17.2 Å². The van der Waals surface area contributed by atoms with Gasteiger partial charge in [0.2, 0.25) is 5.91 Å². The lowest BCUT2D eigenvalue weighted by atomic mass is 10.3. The molecule has 0 aliphatic rings. The number of amides is 1. The normalized spacial score (nSPS) is 10.5. The Balaban J connectivity index is 2.25. The first-order valence-electron chi connectivity index (χ1n) is 9.22. The first kappa shape index (κ1) is 21.1. The Bertz CT molecular complexity index is 935. The average molecular weight is 389 g/mol. The molecule has 0 aliphatic carbocycles. The van der Waals surface area contributed by atoms with E-state index in [1.807, 2.05) is 6.92 Å². The van der Waals surface area contributed by atoms with E-state index >= 15 is 0 Å². The molecule has 0 bridgehead atoms. The molecule has 9 nitrogen and oxygen atoms in total. The van der Waals surface area contributed by atoms with E-state index in [1.54, 1.807) is 43.2 Å². The van der Waals surface area contributed by atoms with Crippen LogP contribution in [0.2, 0.25) is 0 Å². The Labute approximate surface area is 163 Å². The van der Waals surface area contributed by atoms with Crippen LogP contribution >= 0.6 is 0 Å². The number of carbonyl (C=O) groups is 1. The van der Waals surface area contributed by atoms with Gasteiger partial charge in [0, 0.05) is 24.8 Å². The van der Waals surface area contributed by atoms with E-state index in [0.717, 1.165) is 12.8 Å². The number of nitrogens with zero attached hydrogens (tertiary/aromatic N) is 2. The Morgan fingerprint density at radius 3 is 2.71 bits per heavy atom. The van der Waals surface area contributed by atoms with E-state index in [9.17, 15) is 14.4 Å². The van der Waals surface area contributed by atoms with Crippen molar-refractivity contribution in [3.8, 4) is 5.75 Å². The third-order valence-corrected chi connectivity index (χ3v) is 4.34. The molecule has 1 aromatic carbocycles. The number of aromatic nitrogens is 2. The van der Waals surface area contributed by atoms with E-state index in [2.05, 4.69) is 10.3 Å². The molecule has 9 heteroatoms. The number of H-pyrrole nitrogens is 1. The van der Waals surface area contributed by atoms with Gasteiger partial charge in [-0.1, -0.05) is 19.4 Å². The molecule has 28 heavy (non-hydrogen) atoms. The Kier molecular flexibility index (Phi) is 7.25. The highest BCUT2D eigenvalue weighted by atomic mass is 16.5. The molecular formula is C19H27N5O4. The zero-order valence-electron chi connectivity index (χ0n) is 16.4. The van der Waals surface area contributed by atoms with Crippen LogP contribution in [0.1, 0.15) is 26.7 Å². The highest BCUT2D eigenvalue weighted by molar-refractivity contribution is 5.94. The molecule has 0 saturated heterocycles. The summed E-state index contributed by atoms with van der Waals surface area (Å²) in [6.45, 7) is 4.48. The molecule has 0 unspecified atom stereocenters. The number of nitrogen functional groups attached to an aromatic ring is 1. The van der Waals surface area contributed by atoms with Gasteiger partial charge in [-0.3, -0.25) is 19.1 Å². The average Bonchev–Trinajstić information content (AvgIpc) is 2.66. The zero-order chi connectivity index (χ0) is 20.7. The number of methoxy groups -OCH3 is 1. The molecule has 1 aromatic heterocycles. The van der Waals surface area contributed by atoms with Crippen molar-refractivity contribution in [3.63, 3.8) is 0 Å².